The summed E-state index contributed by atoms with van der Waals surface area (Å²) in [5.74, 6) is -0.415. The Hall–Kier alpha value is -1.77. The highest BCUT2D eigenvalue weighted by Gasteiger charge is 2.05. The number of halogens is 2. The zero-order valence-electron chi connectivity index (χ0n) is 8.88. The molecule has 88 valence electrons. The smallest absolute Gasteiger partial charge is 0.201 e. The van der Waals surface area contributed by atoms with Crippen molar-refractivity contribution in [2.24, 2.45) is 10.8 Å². The number of hydrazone groups is 1. The second kappa shape index (κ2) is 5.53. The fraction of sp³-hybridized carbons (Fsp3) is 0.100. The van der Waals surface area contributed by atoms with Crippen molar-refractivity contribution in [2.75, 3.05) is 5.43 Å². The van der Waals surface area contributed by atoms with Crippen LogP contribution in [0.2, 0.25) is 10.0 Å². The summed E-state index contributed by atoms with van der Waals surface area (Å²) in [7, 11) is 0. The topological polar surface area (TPSA) is 98.0 Å². The molecule has 0 aliphatic heterocycles. The first kappa shape index (κ1) is 13.3. The largest absolute Gasteiger partial charge is 0.382 e. The van der Waals surface area contributed by atoms with Gasteiger partial charge in [-0.2, -0.15) is 10.4 Å². The normalized spacial score (nSPS) is 10.8. The molecule has 1 rings (SSSR count). The third kappa shape index (κ3) is 3.34. The molecular weight excluding hydrogens is 261 g/mol. The maximum absolute atomic E-state index is 8.65. The fourth-order valence-electron chi connectivity index (χ4n) is 1.00. The van der Waals surface area contributed by atoms with Crippen LogP contribution < -0.4 is 11.2 Å². The molecule has 1 aromatic carbocycles. The van der Waals surface area contributed by atoms with E-state index in [9.17, 15) is 0 Å². The Morgan fingerprint density at radius 3 is 2.65 bits per heavy atom. The fourth-order valence-corrected chi connectivity index (χ4v) is 1.43. The number of amidine groups is 1. The van der Waals surface area contributed by atoms with E-state index in [1.165, 1.54) is 0 Å². The van der Waals surface area contributed by atoms with E-state index in [4.69, 9.17) is 39.6 Å². The van der Waals surface area contributed by atoms with Crippen LogP contribution in [-0.4, -0.2) is 11.5 Å². The number of nitrogens with one attached hydrogen (secondary N) is 2. The van der Waals surface area contributed by atoms with Crippen molar-refractivity contribution in [3.05, 3.63) is 27.7 Å². The van der Waals surface area contributed by atoms with Crippen molar-refractivity contribution >= 4 is 40.4 Å². The highest BCUT2D eigenvalue weighted by atomic mass is 35.5. The lowest BCUT2D eigenvalue weighted by atomic mass is 10.2. The Morgan fingerprint density at radius 2 is 2.12 bits per heavy atom. The minimum Gasteiger partial charge on any atom is -0.382 e. The summed E-state index contributed by atoms with van der Waals surface area (Å²) >= 11 is 11.8. The number of aryl methyl sites for hydroxylation is 1. The number of nitrogens with zero attached hydrogens (tertiary/aromatic N) is 2. The van der Waals surface area contributed by atoms with Gasteiger partial charge in [0.1, 0.15) is 6.07 Å². The number of rotatable bonds is 3. The lowest BCUT2D eigenvalue weighted by Gasteiger charge is -2.06. The second-order valence-electron chi connectivity index (χ2n) is 3.18. The highest BCUT2D eigenvalue weighted by molar-refractivity contribution is 6.46. The molecule has 0 aromatic heterocycles. The van der Waals surface area contributed by atoms with E-state index in [0.717, 1.165) is 5.56 Å². The van der Waals surface area contributed by atoms with Gasteiger partial charge < -0.3 is 5.73 Å². The lowest BCUT2D eigenvalue weighted by molar-refractivity contribution is 1.32. The van der Waals surface area contributed by atoms with Gasteiger partial charge >= 0.3 is 0 Å². The number of nitrogens with two attached hydrogens (primary N) is 1. The molecule has 17 heavy (non-hydrogen) atoms. The molecule has 0 bridgehead atoms. The van der Waals surface area contributed by atoms with E-state index < -0.39 is 5.84 Å². The quantitative estimate of drug-likeness (QED) is 0.447. The van der Waals surface area contributed by atoms with Crippen molar-refractivity contribution in [1.29, 1.82) is 10.7 Å². The Morgan fingerprint density at radius 1 is 1.47 bits per heavy atom. The first-order chi connectivity index (χ1) is 7.95. The molecule has 0 spiro atoms. The molecule has 0 heterocycles. The molecule has 0 fully saturated rings. The maximum atomic E-state index is 8.65. The van der Waals surface area contributed by atoms with E-state index in [2.05, 4.69) is 10.5 Å². The van der Waals surface area contributed by atoms with Gasteiger partial charge in [0.2, 0.25) is 5.71 Å². The van der Waals surface area contributed by atoms with Gasteiger partial charge in [0, 0.05) is 5.02 Å². The van der Waals surface area contributed by atoms with Gasteiger partial charge in [0.05, 0.1) is 10.7 Å². The number of anilines is 1. The Labute approximate surface area is 108 Å². The molecule has 0 aliphatic carbocycles. The van der Waals surface area contributed by atoms with Crippen molar-refractivity contribution in [3.8, 4) is 6.07 Å². The predicted octanol–water partition coefficient (Wildman–Crippen LogP) is 2.53. The molecule has 0 aliphatic rings. The van der Waals surface area contributed by atoms with Crippen molar-refractivity contribution in [3.63, 3.8) is 0 Å². The van der Waals surface area contributed by atoms with E-state index in [0.29, 0.717) is 15.7 Å². The van der Waals surface area contributed by atoms with Crippen LogP contribution in [0.3, 0.4) is 0 Å². The van der Waals surface area contributed by atoms with Crippen molar-refractivity contribution in [2.45, 2.75) is 6.92 Å². The minimum atomic E-state index is -0.415. The standard InChI is InChI=1S/C10H9Cl2N5/c1-5-2-8(7(12)3-6(5)11)16-17-9(4-13)10(14)15/h2-3,16H,1H3,(H3,14,15)/b17-9+. The van der Waals surface area contributed by atoms with E-state index in [-0.39, 0.29) is 5.71 Å². The van der Waals surface area contributed by atoms with Crippen LogP contribution in [0.15, 0.2) is 17.2 Å². The van der Waals surface area contributed by atoms with Gasteiger partial charge in [-0.25, -0.2) is 0 Å². The summed E-state index contributed by atoms with van der Waals surface area (Å²) < 4.78 is 0. The van der Waals surface area contributed by atoms with Crippen LogP contribution in [-0.2, 0) is 0 Å². The SMILES string of the molecule is Cc1cc(N/N=C(\C#N)C(=N)N)c(Cl)cc1Cl. The summed E-state index contributed by atoms with van der Waals surface area (Å²) in [6.07, 6.45) is 0. The molecule has 0 radical (unpaired) electrons. The average molecular weight is 270 g/mol. The third-order valence-corrected chi connectivity index (χ3v) is 2.62. The van der Waals surface area contributed by atoms with Crippen LogP contribution in [0.4, 0.5) is 5.69 Å². The Kier molecular flexibility index (Phi) is 4.32. The maximum Gasteiger partial charge on any atom is 0.201 e. The van der Waals surface area contributed by atoms with Crippen molar-refractivity contribution in [1.82, 2.24) is 0 Å². The highest BCUT2D eigenvalue weighted by Crippen LogP contribution is 2.28. The van der Waals surface area contributed by atoms with Crippen LogP contribution in [0.1, 0.15) is 5.56 Å². The lowest BCUT2D eigenvalue weighted by Crippen LogP contribution is -2.21. The summed E-state index contributed by atoms with van der Waals surface area (Å²) in [5.41, 5.74) is 8.80. The zero-order chi connectivity index (χ0) is 13.0. The molecule has 7 heteroatoms. The van der Waals surface area contributed by atoms with Crippen LogP contribution in [0.25, 0.3) is 0 Å². The van der Waals surface area contributed by atoms with Gasteiger partial charge in [-0.3, -0.25) is 10.8 Å². The predicted molar refractivity (Wildman–Crippen MR) is 69.8 cm³/mol. The van der Waals surface area contributed by atoms with E-state index in [1.54, 1.807) is 18.2 Å². The Balaban J connectivity index is 3.01. The summed E-state index contributed by atoms with van der Waals surface area (Å²) in [6, 6.07) is 4.94. The minimum absolute atomic E-state index is 0.214. The molecule has 0 atom stereocenters. The van der Waals surface area contributed by atoms with E-state index in [1.807, 2.05) is 6.92 Å². The molecular formula is C10H9Cl2N5. The van der Waals surface area contributed by atoms with Gasteiger partial charge in [-0.15, -0.1) is 0 Å². The van der Waals surface area contributed by atoms with Gasteiger partial charge in [-0.1, -0.05) is 23.2 Å². The second-order valence-corrected chi connectivity index (χ2v) is 3.99. The van der Waals surface area contributed by atoms with Crippen LogP contribution >= 0.6 is 23.2 Å². The summed E-state index contributed by atoms with van der Waals surface area (Å²) in [5, 5.41) is 20.3. The monoisotopic (exact) mass is 269 g/mol. The third-order valence-electron chi connectivity index (χ3n) is 1.90. The van der Waals surface area contributed by atoms with Crippen LogP contribution in [0, 0.1) is 23.7 Å². The van der Waals surface area contributed by atoms with Crippen molar-refractivity contribution < 1.29 is 0 Å². The number of hydrogen-bond acceptors (Lipinski definition) is 4. The zero-order valence-corrected chi connectivity index (χ0v) is 10.4. The van der Waals surface area contributed by atoms with Crippen LogP contribution in [0.5, 0.6) is 0 Å². The molecule has 4 N–H and O–H groups in total. The molecule has 5 nitrogen and oxygen atoms in total. The number of benzene rings is 1. The summed E-state index contributed by atoms with van der Waals surface area (Å²) in [6.45, 7) is 1.81. The average Bonchev–Trinajstić information content (AvgIpc) is 2.25. The molecule has 0 saturated heterocycles. The van der Waals surface area contributed by atoms with Gasteiger partial charge in [0.25, 0.3) is 0 Å². The van der Waals surface area contributed by atoms with Gasteiger partial charge in [-0.05, 0) is 24.6 Å². The first-order valence-electron chi connectivity index (χ1n) is 4.49. The first-order valence-corrected chi connectivity index (χ1v) is 5.25. The molecule has 0 saturated carbocycles. The number of hydrogen-bond donors (Lipinski definition) is 3. The van der Waals surface area contributed by atoms with Gasteiger partial charge in [0.15, 0.2) is 5.84 Å². The van der Waals surface area contributed by atoms with E-state index >= 15 is 0 Å². The molecule has 0 unspecified atom stereocenters. The molecule has 1 aromatic rings. The number of nitriles is 1. The molecule has 0 amide bonds. The summed E-state index contributed by atoms with van der Waals surface area (Å²) in [4.78, 5) is 0. The Bertz CT molecular complexity index is 530.